The molecule has 0 saturated heterocycles. The monoisotopic (exact) mass is 284 g/mol. The molecule has 0 unspecified atom stereocenters. The second kappa shape index (κ2) is 7.33. The fourth-order valence-electron chi connectivity index (χ4n) is 2.01. The van der Waals surface area contributed by atoms with Crippen molar-refractivity contribution in [2.24, 2.45) is 0 Å². The smallest absolute Gasteiger partial charge is 0.310 e. The van der Waals surface area contributed by atoms with Gasteiger partial charge >= 0.3 is 5.97 Å². The molecule has 0 aliphatic carbocycles. The van der Waals surface area contributed by atoms with Crippen molar-refractivity contribution >= 4 is 17.3 Å². The molecule has 0 spiro atoms. The lowest BCUT2D eigenvalue weighted by atomic mass is 10.1. The van der Waals surface area contributed by atoms with E-state index >= 15 is 0 Å². The normalized spacial score (nSPS) is 10.1. The quantitative estimate of drug-likeness (QED) is 0.632. The number of ether oxygens (including phenoxy) is 1. The predicted octanol–water partition coefficient (Wildman–Crippen LogP) is 2.99. The van der Waals surface area contributed by atoms with E-state index in [-0.39, 0.29) is 5.97 Å². The van der Waals surface area contributed by atoms with Crippen molar-refractivity contribution in [3.63, 3.8) is 0 Å². The highest BCUT2D eigenvalue weighted by molar-refractivity contribution is 5.72. The number of hydrogen-bond donors (Lipinski definition) is 2. The van der Waals surface area contributed by atoms with E-state index in [1.165, 1.54) is 0 Å². The first-order chi connectivity index (χ1) is 10.2. The van der Waals surface area contributed by atoms with Gasteiger partial charge in [-0.1, -0.05) is 36.4 Å². The predicted molar refractivity (Wildman–Crippen MR) is 85.0 cm³/mol. The van der Waals surface area contributed by atoms with Crippen LogP contribution in [-0.4, -0.2) is 12.6 Å². The van der Waals surface area contributed by atoms with E-state index in [0.29, 0.717) is 19.6 Å². The highest BCUT2D eigenvalue weighted by Gasteiger charge is 2.04. The molecule has 110 valence electrons. The Balaban J connectivity index is 1.91. The van der Waals surface area contributed by atoms with E-state index in [0.717, 1.165) is 22.5 Å². The number of nitrogens with one attached hydrogen (secondary N) is 1. The van der Waals surface area contributed by atoms with Crippen LogP contribution in [0.5, 0.6) is 0 Å². The highest BCUT2D eigenvalue weighted by Crippen LogP contribution is 2.17. The number of para-hydroxylation sites is 2. The van der Waals surface area contributed by atoms with Gasteiger partial charge in [-0.05, 0) is 30.2 Å². The number of nitrogen functional groups attached to an aromatic ring is 1. The number of nitrogens with two attached hydrogens (primary N) is 1. The maximum Gasteiger partial charge on any atom is 0.310 e. The lowest BCUT2D eigenvalue weighted by molar-refractivity contribution is -0.142. The molecule has 0 atom stereocenters. The van der Waals surface area contributed by atoms with Crippen molar-refractivity contribution in [3.05, 3.63) is 59.7 Å². The van der Waals surface area contributed by atoms with Crippen molar-refractivity contribution in [2.75, 3.05) is 17.7 Å². The van der Waals surface area contributed by atoms with Gasteiger partial charge in [0.2, 0.25) is 0 Å². The van der Waals surface area contributed by atoms with Gasteiger partial charge in [0.1, 0.15) is 0 Å². The number of esters is 1. The van der Waals surface area contributed by atoms with Crippen LogP contribution in [0, 0.1) is 0 Å². The topological polar surface area (TPSA) is 64.3 Å². The number of benzene rings is 2. The van der Waals surface area contributed by atoms with E-state index in [2.05, 4.69) is 5.32 Å². The second-order valence-electron chi connectivity index (χ2n) is 4.74. The van der Waals surface area contributed by atoms with Gasteiger partial charge in [0.05, 0.1) is 24.4 Å². The molecule has 0 heterocycles. The molecule has 21 heavy (non-hydrogen) atoms. The third-order valence-corrected chi connectivity index (χ3v) is 3.12. The Morgan fingerprint density at radius 2 is 1.76 bits per heavy atom. The van der Waals surface area contributed by atoms with E-state index in [1.54, 1.807) is 0 Å². The molecule has 0 saturated carbocycles. The van der Waals surface area contributed by atoms with Gasteiger partial charge in [-0.2, -0.15) is 0 Å². The van der Waals surface area contributed by atoms with Gasteiger partial charge < -0.3 is 15.8 Å². The van der Waals surface area contributed by atoms with Crippen LogP contribution < -0.4 is 11.1 Å². The Morgan fingerprint density at radius 1 is 1.10 bits per heavy atom. The fourth-order valence-corrected chi connectivity index (χ4v) is 2.01. The molecular formula is C17H20N2O2. The minimum absolute atomic E-state index is 0.194. The second-order valence-corrected chi connectivity index (χ2v) is 4.74. The van der Waals surface area contributed by atoms with Crippen molar-refractivity contribution in [1.29, 1.82) is 0 Å². The van der Waals surface area contributed by atoms with Crippen LogP contribution in [0.4, 0.5) is 11.4 Å². The Bertz CT molecular complexity index is 594. The molecule has 0 aliphatic rings. The third kappa shape index (κ3) is 4.53. The summed E-state index contributed by atoms with van der Waals surface area (Å²) in [4.78, 5) is 11.4. The molecule has 2 aromatic rings. The van der Waals surface area contributed by atoms with Gasteiger partial charge in [0.15, 0.2) is 0 Å². The summed E-state index contributed by atoms with van der Waals surface area (Å²) in [7, 11) is 0. The van der Waals surface area contributed by atoms with E-state index < -0.39 is 0 Å². The summed E-state index contributed by atoms with van der Waals surface area (Å²) in [6.07, 6.45) is 0.313. The Labute approximate surface area is 124 Å². The molecule has 3 N–H and O–H groups in total. The standard InChI is InChI=1S/C17H20N2O2/c1-2-21-17(20)11-13-7-9-14(10-8-13)12-19-16-6-4-3-5-15(16)18/h3-10,19H,2,11-12,18H2,1H3. The highest BCUT2D eigenvalue weighted by atomic mass is 16.5. The molecule has 0 radical (unpaired) electrons. The van der Waals surface area contributed by atoms with Crippen molar-refractivity contribution < 1.29 is 9.53 Å². The molecule has 0 aliphatic heterocycles. The first-order valence-electron chi connectivity index (χ1n) is 7.01. The molecule has 0 amide bonds. The number of carbonyl (C=O) groups excluding carboxylic acids is 1. The maximum atomic E-state index is 11.4. The van der Waals surface area contributed by atoms with Crippen LogP contribution in [0.15, 0.2) is 48.5 Å². The first-order valence-corrected chi connectivity index (χ1v) is 7.01. The average molecular weight is 284 g/mol. The molecule has 4 nitrogen and oxygen atoms in total. The molecule has 0 aromatic heterocycles. The first kappa shape index (κ1) is 14.9. The number of rotatable bonds is 6. The zero-order valence-electron chi connectivity index (χ0n) is 12.1. The lowest BCUT2D eigenvalue weighted by Gasteiger charge is -2.09. The summed E-state index contributed by atoms with van der Waals surface area (Å²) >= 11 is 0. The molecule has 0 bridgehead atoms. The number of hydrogen-bond acceptors (Lipinski definition) is 4. The van der Waals surface area contributed by atoms with Crippen LogP contribution in [-0.2, 0) is 22.5 Å². The molecule has 2 aromatic carbocycles. The zero-order valence-corrected chi connectivity index (χ0v) is 12.1. The Hall–Kier alpha value is -2.49. The Morgan fingerprint density at radius 3 is 2.43 bits per heavy atom. The molecular weight excluding hydrogens is 264 g/mol. The SMILES string of the molecule is CCOC(=O)Cc1ccc(CNc2ccccc2N)cc1. The molecule has 4 heteroatoms. The zero-order chi connectivity index (χ0) is 15.1. The largest absolute Gasteiger partial charge is 0.466 e. The van der Waals surface area contributed by atoms with Crippen LogP contribution in [0.2, 0.25) is 0 Å². The van der Waals surface area contributed by atoms with Crippen molar-refractivity contribution in [3.8, 4) is 0 Å². The van der Waals surface area contributed by atoms with E-state index in [1.807, 2.05) is 55.5 Å². The van der Waals surface area contributed by atoms with E-state index in [9.17, 15) is 4.79 Å². The number of carbonyl (C=O) groups is 1. The van der Waals surface area contributed by atoms with Gasteiger partial charge in [-0.25, -0.2) is 0 Å². The van der Waals surface area contributed by atoms with Gasteiger partial charge in [-0.3, -0.25) is 4.79 Å². The van der Waals surface area contributed by atoms with Crippen molar-refractivity contribution in [1.82, 2.24) is 0 Å². The minimum Gasteiger partial charge on any atom is -0.466 e. The Kier molecular flexibility index (Phi) is 5.21. The summed E-state index contributed by atoms with van der Waals surface area (Å²) in [5.41, 5.74) is 9.62. The van der Waals surface area contributed by atoms with Crippen LogP contribution >= 0.6 is 0 Å². The molecule has 0 fully saturated rings. The molecule has 2 rings (SSSR count). The third-order valence-electron chi connectivity index (χ3n) is 3.12. The fraction of sp³-hybridized carbons (Fsp3) is 0.235. The minimum atomic E-state index is -0.194. The maximum absolute atomic E-state index is 11.4. The summed E-state index contributed by atoms with van der Waals surface area (Å²) in [5.74, 6) is -0.194. The summed E-state index contributed by atoms with van der Waals surface area (Å²) in [6, 6.07) is 15.6. The number of anilines is 2. The summed E-state index contributed by atoms with van der Waals surface area (Å²) in [5, 5.41) is 3.29. The summed E-state index contributed by atoms with van der Waals surface area (Å²) in [6.45, 7) is 2.91. The van der Waals surface area contributed by atoms with Gasteiger partial charge in [0.25, 0.3) is 0 Å². The lowest BCUT2D eigenvalue weighted by Crippen LogP contribution is -2.07. The van der Waals surface area contributed by atoms with Crippen LogP contribution in [0.25, 0.3) is 0 Å². The van der Waals surface area contributed by atoms with E-state index in [4.69, 9.17) is 10.5 Å². The summed E-state index contributed by atoms with van der Waals surface area (Å²) < 4.78 is 4.93. The van der Waals surface area contributed by atoms with Gasteiger partial charge in [0, 0.05) is 6.54 Å². The van der Waals surface area contributed by atoms with Crippen molar-refractivity contribution in [2.45, 2.75) is 19.9 Å². The van der Waals surface area contributed by atoms with Crippen LogP contribution in [0.1, 0.15) is 18.1 Å². The average Bonchev–Trinajstić information content (AvgIpc) is 2.48. The van der Waals surface area contributed by atoms with Crippen LogP contribution in [0.3, 0.4) is 0 Å². The van der Waals surface area contributed by atoms with Gasteiger partial charge in [-0.15, -0.1) is 0 Å².